The lowest BCUT2D eigenvalue weighted by Crippen LogP contribution is -2.46. The third-order valence-corrected chi connectivity index (χ3v) is 5.53. The number of pyridine rings is 1. The summed E-state index contributed by atoms with van der Waals surface area (Å²) in [6, 6.07) is 13.3. The van der Waals surface area contributed by atoms with Crippen molar-refractivity contribution < 1.29 is 14.3 Å². The lowest BCUT2D eigenvalue weighted by Gasteiger charge is -2.31. The highest BCUT2D eigenvalue weighted by Crippen LogP contribution is 2.27. The van der Waals surface area contributed by atoms with Gasteiger partial charge in [0.25, 0.3) is 0 Å². The fourth-order valence-corrected chi connectivity index (χ4v) is 4.02. The van der Waals surface area contributed by atoms with E-state index in [-0.39, 0.29) is 12.5 Å². The minimum atomic E-state index is -0.795. The zero-order chi connectivity index (χ0) is 18.9. The van der Waals surface area contributed by atoms with E-state index in [0.717, 1.165) is 48.9 Å². The van der Waals surface area contributed by atoms with Crippen molar-refractivity contribution in [2.75, 3.05) is 6.54 Å². The van der Waals surface area contributed by atoms with Crippen LogP contribution in [0.3, 0.4) is 0 Å². The lowest BCUT2D eigenvalue weighted by molar-refractivity contribution is -0.513. The monoisotopic (exact) mass is 384 g/mol. The molecule has 0 atom stereocenters. The fourth-order valence-electron chi connectivity index (χ4n) is 3.83. The molecule has 3 aromatic rings. The molecule has 140 valence electrons. The maximum absolute atomic E-state index is 12.9. The highest BCUT2D eigenvalue weighted by molar-refractivity contribution is 6.30. The Bertz CT molecular complexity index is 976. The second-order valence-corrected chi connectivity index (χ2v) is 7.72. The number of rotatable bonds is 4. The number of hydrogen-bond donors (Lipinski definition) is 3. The van der Waals surface area contributed by atoms with Gasteiger partial charge in [0.15, 0.2) is 11.2 Å². The zero-order valence-corrected chi connectivity index (χ0v) is 15.8. The van der Waals surface area contributed by atoms with Crippen molar-refractivity contribution in [2.24, 2.45) is 0 Å². The molecule has 0 spiro atoms. The number of hydrogen-bond acceptors (Lipinski definition) is 2. The van der Waals surface area contributed by atoms with E-state index in [4.69, 9.17) is 11.6 Å². The van der Waals surface area contributed by atoms with Crippen LogP contribution in [-0.4, -0.2) is 28.1 Å². The number of carbonyl (C=O) groups excluding carboxylic acids is 1. The molecule has 1 fully saturated rings. The van der Waals surface area contributed by atoms with Crippen LogP contribution in [0.1, 0.15) is 42.7 Å². The van der Waals surface area contributed by atoms with Gasteiger partial charge in [-0.05, 0) is 37.1 Å². The van der Waals surface area contributed by atoms with Crippen molar-refractivity contribution in [2.45, 2.75) is 37.7 Å². The van der Waals surface area contributed by atoms with E-state index in [1.54, 1.807) is 0 Å². The summed E-state index contributed by atoms with van der Waals surface area (Å²) < 4.78 is 1.83. The van der Waals surface area contributed by atoms with Crippen LogP contribution in [-0.2, 0) is 0 Å². The molecule has 0 radical (unpaired) electrons. The van der Waals surface area contributed by atoms with Gasteiger partial charge in [-0.25, -0.2) is 4.98 Å². The van der Waals surface area contributed by atoms with Gasteiger partial charge < -0.3 is 10.4 Å². The van der Waals surface area contributed by atoms with E-state index < -0.39 is 5.60 Å². The summed E-state index contributed by atoms with van der Waals surface area (Å²) in [6.07, 6.45) is 6.48. The first-order chi connectivity index (χ1) is 13.1. The van der Waals surface area contributed by atoms with Crippen molar-refractivity contribution in [3.8, 4) is 11.3 Å². The van der Waals surface area contributed by atoms with Crippen molar-refractivity contribution in [3.05, 3.63) is 59.5 Å². The molecular weight excluding hydrogens is 362 g/mol. The Morgan fingerprint density at radius 2 is 2.00 bits per heavy atom. The highest BCUT2D eigenvalue weighted by atomic mass is 35.5. The van der Waals surface area contributed by atoms with Crippen molar-refractivity contribution in [1.82, 2.24) is 10.3 Å². The molecule has 2 heterocycles. The number of imidazole rings is 1. The quantitative estimate of drug-likeness (QED) is 0.602. The molecule has 1 amide bonds. The van der Waals surface area contributed by atoms with Gasteiger partial charge in [-0.15, -0.1) is 0 Å². The summed E-state index contributed by atoms with van der Waals surface area (Å²) in [5.41, 5.74) is 1.84. The zero-order valence-electron chi connectivity index (χ0n) is 15.0. The summed E-state index contributed by atoms with van der Waals surface area (Å²) >= 11 is 6.14. The largest absolute Gasteiger partial charge is 0.388 e. The second-order valence-electron chi connectivity index (χ2n) is 7.28. The molecular formula is C21H23ClN3O2+. The number of nitrogens with zero attached hydrogens (tertiary/aromatic N) is 1. The van der Waals surface area contributed by atoms with Crippen LogP contribution in [0, 0.1) is 0 Å². The minimum Gasteiger partial charge on any atom is -0.388 e. The predicted molar refractivity (Wildman–Crippen MR) is 105 cm³/mol. The number of nitrogens with one attached hydrogen (secondary N) is 2. The third kappa shape index (κ3) is 3.70. The topological polar surface area (TPSA) is 69.2 Å². The fraction of sp³-hybridized carbons (Fsp3) is 0.333. The van der Waals surface area contributed by atoms with E-state index in [1.807, 2.05) is 53.1 Å². The van der Waals surface area contributed by atoms with Gasteiger partial charge in [-0.2, -0.15) is 4.40 Å². The van der Waals surface area contributed by atoms with Crippen molar-refractivity contribution >= 4 is 23.0 Å². The molecule has 0 aliphatic heterocycles. The molecule has 3 N–H and O–H groups in total. The van der Waals surface area contributed by atoms with Gasteiger partial charge in [-0.1, -0.05) is 49.1 Å². The Hall–Kier alpha value is -2.37. The number of carbonyl (C=O) groups is 1. The van der Waals surface area contributed by atoms with Crippen LogP contribution in [0.4, 0.5) is 0 Å². The van der Waals surface area contributed by atoms with Crippen LogP contribution in [0.15, 0.2) is 48.7 Å². The summed E-state index contributed by atoms with van der Waals surface area (Å²) in [7, 11) is 0. The molecule has 27 heavy (non-hydrogen) atoms. The number of aliphatic hydroxyl groups is 1. The summed E-state index contributed by atoms with van der Waals surface area (Å²) in [6.45, 7) is 0.270. The van der Waals surface area contributed by atoms with Gasteiger partial charge in [0, 0.05) is 17.1 Å². The van der Waals surface area contributed by atoms with E-state index >= 15 is 0 Å². The molecule has 0 saturated heterocycles. The molecule has 2 aromatic heterocycles. The van der Waals surface area contributed by atoms with Crippen LogP contribution in [0.25, 0.3) is 16.8 Å². The maximum Gasteiger partial charge on any atom is 0.351 e. The Balaban J connectivity index is 1.64. The Labute approximate surface area is 163 Å². The van der Waals surface area contributed by atoms with Gasteiger partial charge in [-0.3, -0.25) is 4.79 Å². The first-order valence-corrected chi connectivity index (χ1v) is 9.72. The maximum atomic E-state index is 12.9. The van der Waals surface area contributed by atoms with Gasteiger partial charge >= 0.3 is 11.7 Å². The smallest absolute Gasteiger partial charge is 0.351 e. The Morgan fingerprint density at radius 1 is 1.19 bits per heavy atom. The number of benzene rings is 1. The van der Waals surface area contributed by atoms with E-state index in [0.29, 0.717) is 10.8 Å². The average Bonchev–Trinajstić information content (AvgIpc) is 3.07. The first-order valence-electron chi connectivity index (χ1n) is 9.35. The first kappa shape index (κ1) is 18.0. The van der Waals surface area contributed by atoms with Gasteiger partial charge in [0.05, 0.1) is 11.8 Å². The van der Waals surface area contributed by atoms with E-state index in [9.17, 15) is 9.90 Å². The third-order valence-electron chi connectivity index (χ3n) is 5.29. The number of amides is 1. The molecule has 0 bridgehead atoms. The molecule has 4 rings (SSSR count). The molecule has 1 saturated carbocycles. The summed E-state index contributed by atoms with van der Waals surface area (Å²) in [5, 5.41) is 14.2. The predicted octanol–water partition coefficient (Wildman–Crippen LogP) is 3.50. The number of halogens is 1. The number of H-pyrrole nitrogens is 1. The SMILES string of the molecule is O=C(NCC1(O)CCCCC1)c1[nH]c(-c2cccc(Cl)c2)c2cccc[n+]12. The molecule has 1 aliphatic rings. The average molecular weight is 385 g/mol. The van der Waals surface area contributed by atoms with E-state index in [1.165, 1.54) is 0 Å². The molecule has 5 nitrogen and oxygen atoms in total. The van der Waals surface area contributed by atoms with Crippen molar-refractivity contribution in [1.29, 1.82) is 0 Å². The standard InChI is InChI=1S/C21H22ClN3O2/c22-16-8-6-7-15(13-16)18-17-9-2-5-12-25(17)19(24-18)20(26)23-14-21(27)10-3-1-4-11-21/h2,5-9,12-13,27H,1,3-4,10-11,14H2,(H,23,26)/p+1. The lowest BCUT2D eigenvalue weighted by atomic mass is 9.85. The van der Waals surface area contributed by atoms with Gasteiger partial charge in [0.1, 0.15) is 0 Å². The van der Waals surface area contributed by atoms with E-state index in [2.05, 4.69) is 10.3 Å². The molecule has 6 heteroatoms. The Kier molecular flexibility index (Phi) is 4.89. The van der Waals surface area contributed by atoms with Crippen LogP contribution >= 0.6 is 11.6 Å². The summed E-state index contributed by atoms with van der Waals surface area (Å²) in [4.78, 5) is 16.1. The molecule has 0 unspecified atom stereocenters. The Morgan fingerprint density at radius 3 is 2.78 bits per heavy atom. The van der Waals surface area contributed by atoms with Crippen molar-refractivity contribution in [3.63, 3.8) is 0 Å². The number of aromatic nitrogens is 2. The minimum absolute atomic E-state index is 0.233. The number of fused-ring (bicyclic) bond motifs is 1. The number of aromatic amines is 1. The molecule has 1 aromatic carbocycles. The van der Waals surface area contributed by atoms with Crippen LogP contribution < -0.4 is 9.72 Å². The normalized spacial score (nSPS) is 16.4. The molecule has 1 aliphatic carbocycles. The summed E-state index contributed by atoms with van der Waals surface area (Å²) in [5.74, 6) is 0.198. The highest BCUT2D eigenvalue weighted by Gasteiger charge is 2.32. The van der Waals surface area contributed by atoms with Crippen LogP contribution in [0.2, 0.25) is 5.02 Å². The van der Waals surface area contributed by atoms with Gasteiger partial charge in [0.2, 0.25) is 0 Å². The van der Waals surface area contributed by atoms with Crippen LogP contribution in [0.5, 0.6) is 0 Å². The second kappa shape index (κ2) is 7.33.